The van der Waals surface area contributed by atoms with E-state index in [-0.39, 0.29) is 29.9 Å². The second-order valence-electron chi connectivity index (χ2n) is 4.49. The van der Waals surface area contributed by atoms with E-state index >= 15 is 0 Å². The molecular weight excluding hydrogens is 399 g/mol. The fraction of sp³-hybridized carbons (Fsp3) is 0.857. The molecule has 0 atom stereocenters. The fourth-order valence-corrected chi connectivity index (χ4v) is 2.03. The summed E-state index contributed by atoms with van der Waals surface area (Å²) in [6.07, 6.45) is 5.88. The molecule has 0 spiro atoms. The maximum atomic E-state index is 11.5. The van der Waals surface area contributed by atoms with E-state index < -0.39 is 0 Å². The molecule has 0 aliphatic heterocycles. The Kier molecular flexibility index (Phi) is 19.7. The van der Waals surface area contributed by atoms with E-state index in [1.807, 2.05) is 25.6 Å². The van der Waals surface area contributed by atoms with E-state index in [0.29, 0.717) is 13.0 Å². The molecule has 0 unspecified atom stereocenters. The zero-order valence-corrected chi connectivity index (χ0v) is 16.7. The van der Waals surface area contributed by atoms with Gasteiger partial charge in [0.1, 0.15) is 0 Å². The molecule has 0 fully saturated rings. The van der Waals surface area contributed by atoms with Crippen LogP contribution in [-0.4, -0.2) is 50.1 Å². The largest absolute Gasteiger partial charge is 0.357 e. The molecule has 0 saturated carbocycles. The Morgan fingerprint density at radius 1 is 1.10 bits per heavy atom. The third-order valence-electron chi connectivity index (χ3n) is 2.59. The Morgan fingerprint density at radius 3 is 2.48 bits per heavy atom. The molecule has 0 aromatic rings. The minimum Gasteiger partial charge on any atom is -0.357 e. The van der Waals surface area contributed by atoms with Gasteiger partial charge in [-0.3, -0.25) is 9.79 Å². The Labute approximate surface area is 150 Å². The highest BCUT2D eigenvalue weighted by molar-refractivity contribution is 14.0. The molecule has 0 saturated heterocycles. The lowest BCUT2D eigenvalue weighted by Gasteiger charge is -2.11. The highest BCUT2D eigenvalue weighted by atomic mass is 127. The smallest absolute Gasteiger partial charge is 0.221 e. The second-order valence-corrected chi connectivity index (χ2v) is 5.47. The number of guanidine groups is 1. The lowest BCUT2D eigenvalue weighted by atomic mass is 10.3. The van der Waals surface area contributed by atoms with Gasteiger partial charge in [-0.05, 0) is 38.2 Å². The third-order valence-corrected chi connectivity index (χ3v) is 3.28. The summed E-state index contributed by atoms with van der Waals surface area (Å²) in [6.45, 7) is 7.12. The van der Waals surface area contributed by atoms with Gasteiger partial charge in [0.25, 0.3) is 0 Å². The number of carbonyl (C=O) groups excluding carboxylic acids is 1. The molecule has 0 aliphatic rings. The van der Waals surface area contributed by atoms with Crippen LogP contribution < -0.4 is 16.0 Å². The molecule has 7 heteroatoms. The first-order valence-electron chi connectivity index (χ1n) is 7.52. The number of thioether (sulfide) groups is 1. The van der Waals surface area contributed by atoms with Crippen molar-refractivity contribution in [2.45, 2.75) is 39.5 Å². The van der Waals surface area contributed by atoms with Crippen molar-refractivity contribution >= 4 is 47.6 Å². The first-order valence-corrected chi connectivity index (χ1v) is 8.91. The van der Waals surface area contributed by atoms with Gasteiger partial charge in [0.05, 0.1) is 0 Å². The number of aliphatic imine (C=N–C) groups is 1. The molecule has 1 amide bonds. The highest BCUT2D eigenvalue weighted by Gasteiger charge is 2.01. The molecule has 0 heterocycles. The van der Waals surface area contributed by atoms with Gasteiger partial charge < -0.3 is 16.0 Å². The van der Waals surface area contributed by atoms with Crippen molar-refractivity contribution in [3.05, 3.63) is 0 Å². The summed E-state index contributed by atoms with van der Waals surface area (Å²) in [6, 6.07) is 0. The van der Waals surface area contributed by atoms with Crippen LogP contribution >= 0.6 is 35.7 Å². The molecule has 3 N–H and O–H groups in total. The predicted octanol–water partition coefficient (Wildman–Crippen LogP) is 2.22. The normalized spacial score (nSPS) is 10.7. The standard InChI is InChI=1S/C14H30N4OS.HI/c1-4-9-16-13(19)8-11-18-14(15-5-2)17-10-6-7-12-20-3;/h4-12H2,1-3H3,(H,16,19)(H2,15,17,18);1H. The lowest BCUT2D eigenvalue weighted by molar-refractivity contribution is -0.120. The summed E-state index contributed by atoms with van der Waals surface area (Å²) in [5, 5.41) is 9.25. The number of hydrogen-bond donors (Lipinski definition) is 3. The molecule has 0 aliphatic carbocycles. The van der Waals surface area contributed by atoms with Crippen molar-refractivity contribution in [2.75, 3.05) is 38.2 Å². The van der Waals surface area contributed by atoms with Crippen LogP contribution in [0.1, 0.15) is 39.5 Å². The number of nitrogens with zero attached hydrogens (tertiary/aromatic N) is 1. The van der Waals surface area contributed by atoms with Crippen LogP contribution in [0.25, 0.3) is 0 Å². The van der Waals surface area contributed by atoms with Gasteiger partial charge in [0.15, 0.2) is 5.96 Å². The quantitative estimate of drug-likeness (QED) is 0.204. The monoisotopic (exact) mass is 430 g/mol. The van der Waals surface area contributed by atoms with Crippen LogP contribution in [0.2, 0.25) is 0 Å². The molecule has 0 bridgehead atoms. The molecule has 0 radical (unpaired) electrons. The van der Waals surface area contributed by atoms with Gasteiger partial charge in [-0.15, -0.1) is 24.0 Å². The van der Waals surface area contributed by atoms with E-state index in [9.17, 15) is 4.79 Å². The Hall–Kier alpha value is -0.180. The summed E-state index contributed by atoms with van der Waals surface area (Å²) >= 11 is 1.87. The Bertz CT molecular complexity index is 278. The van der Waals surface area contributed by atoms with E-state index in [1.54, 1.807) is 0 Å². The minimum absolute atomic E-state index is 0. The first kappa shape index (κ1) is 23.1. The zero-order chi connectivity index (χ0) is 15.1. The van der Waals surface area contributed by atoms with Crippen molar-refractivity contribution in [1.82, 2.24) is 16.0 Å². The molecular formula is C14H31IN4OS. The van der Waals surface area contributed by atoms with Gasteiger partial charge in [-0.2, -0.15) is 11.8 Å². The van der Waals surface area contributed by atoms with Crippen LogP contribution in [0.15, 0.2) is 4.99 Å². The van der Waals surface area contributed by atoms with Crippen molar-refractivity contribution in [2.24, 2.45) is 4.99 Å². The molecule has 0 aromatic heterocycles. The molecule has 5 nitrogen and oxygen atoms in total. The fourth-order valence-electron chi connectivity index (χ4n) is 1.54. The van der Waals surface area contributed by atoms with Gasteiger partial charge in [-0.25, -0.2) is 0 Å². The summed E-state index contributed by atoms with van der Waals surface area (Å²) < 4.78 is 0. The van der Waals surface area contributed by atoms with Crippen molar-refractivity contribution in [1.29, 1.82) is 0 Å². The van der Waals surface area contributed by atoms with Crippen LogP contribution in [0.4, 0.5) is 0 Å². The highest BCUT2D eigenvalue weighted by Crippen LogP contribution is 1.98. The maximum absolute atomic E-state index is 11.5. The average Bonchev–Trinajstić information content (AvgIpc) is 2.44. The third kappa shape index (κ3) is 16.0. The van der Waals surface area contributed by atoms with E-state index in [0.717, 1.165) is 38.4 Å². The van der Waals surface area contributed by atoms with Gasteiger partial charge in [0.2, 0.25) is 5.91 Å². The van der Waals surface area contributed by atoms with E-state index in [2.05, 4.69) is 27.2 Å². The second kappa shape index (κ2) is 17.9. The Balaban J connectivity index is 0. The number of halogens is 1. The summed E-state index contributed by atoms with van der Waals surface area (Å²) in [5.41, 5.74) is 0. The average molecular weight is 430 g/mol. The van der Waals surface area contributed by atoms with Gasteiger partial charge in [0, 0.05) is 32.6 Å². The van der Waals surface area contributed by atoms with E-state index in [4.69, 9.17) is 0 Å². The summed E-state index contributed by atoms with van der Waals surface area (Å²) in [7, 11) is 0. The van der Waals surface area contributed by atoms with Crippen molar-refractivity contribution in [3.8, 4) is 0 Å². The van der Waals surface area contributed by atoms with Crippen molar-refractivity contribution < 1.29 is 4.79 Å². The minimum atomic E-state index is 0. The van der Waals surface area contributed by atoms with Crippen LogP contribution in [0, 0.1) is 0 Å². The van der Waals surface area contributed by atoms with Crippen LogP contribution in [0.5, 0.6) is 0 Å². The van der Waals surface area contributed by atoms with Gasteiger partial charge >= 0.3 is 0 Å². The van der Waals surface area contributed by atoms with Crippen LogP contribution in [0.3, 0.4) is 0 Å². The molecule has 21 heavy (non-hydrogen) atoms. The number of amides is 1. The zero-order valence-electron chi connectivity index (χ0n) is 13.5. The number of carbonyl (C=O) groups is 1. The first-order chi connectivity index (χ1) is 9.74. The van der Waals surface area contributed by atoms with Gasteiger partial charge in [-0.1, -0.05) is 6.92 Å². The summed E-state index contributed by atoms with van der Waals surface area (Å²) in [5.74, 6) is 2.09. The van der Waals surface area contributed by atoms with Crippen molar-refractivity contribution in [3.63, 3.8) is 0 Å². The number of hydrogen-bond acceptors (Lipinski definition) is 3. The molecule has 0 rings (SSSR count). The SMILES string of the molecule is CCCNC(=O)CCNC(=NCCCCSC)NCC.I. The number of unbranched alkanes of at least 4 members (excludes halogenated alkanes) is 1. The maximum Gasteiger partial charge on any atom is 0.221 e. The number of nitrogens with one attached hydrogen (secondary N) is 3. The topological polar surface area (TPSA) is 65.5 Å². The Morgan fingerprint density at radius 2 is 1.86 bits per heavy atom. The summed E-state index contributed by atoms with van der Waals surface area (Å²) in [4.78, 5) is 16.0. The molecule has 126 valence electrons. The predicted molar refractivity (Wildman–Crippen MR) is 105 cm³/mol. The van der Waals surface area contributed by atoms with Crippen LogP contribution in [-0.2, 0) is 4.79 Å². The van der Waals surface area contributed by atoms with E-state index in [1.165, 1.54) is 12.2 Å². The number of rotatable bonds is 11. The molecule has 0 aromatic carbocycles. The lowest BCUT2D eigenvalue weighted by Crippen LogP contribution is -2.39.